The molecule has 1 saturated heterocycles. The highest BCUT2D eigenvalue weighted by molar-refractivity contribution is 7.91. The van der Waals surface area contributed by atoms with Crippen LogP contribution in [0, 0.1) is 16.0 Å². The van der Waals surface area contributed by atoms with Gasteiger partial charge in [-0.2, -0.15) is 0 Å². The van der Waals surface area contributed by atoms with Gasteiger partial charge in [0.15, 0.2) is 9.84 Å². The van der Waals surface area contributed by atoms with Crippen LogP contribution in [0.4, 0.5) is 5.69 Å². The van der Waals surface area contributed by atoms with Crippen LogP contribution in [0.5, 0.6) is 5.75 Å². The van der Waals surface area contributed by atoms with Crippen LogP contribution in [0.1, 0.15) is 12.8 Å². The number of hydrogen-bond donors (Lipinski definition) is 0. The highest BCUT2D eigenvalue weighted by Crippen LogP contribution is 2.29. The van der Waals surface area contributed by atoms with Crippen LogP contribution in [0.25, 0.3) is 0 Å². The van der Waals surface area contributed by atoms with E-state index in [0.29, 0.717) is 6.42 Å². The largest absolute Gasteiger partial charge is 0.426 e. The second kappa shape index (κ2) is 5.98. The quantitative estimate of drug-likeness (QED) is 0.361. The number of esters is 1. The number of sulfone groups is 1. The van der Waals surface area contributed by atoms with E-state index in [1.165, 1.54) is 12.1 Å². The lowest BCUT2D eigenvalue weighted by molar-refractivity contribution is -0.384. The van der Waals surface area contributed by atoms with Crippen molar-refractivity contribution in [2.75, 3.05) is 11.5 Å². The summed E-state index contributed by atoms with van der Waals surface area (Å²) in [7, 11) is -3.04. The molecule has 114 valence electrons. The molecule has 1 fully saturated rings. The molecule has 1 aromatic carbocycles. The SMILES string of the molecule is O=C(CC1CCS(=O)(=O)C1)Oc1ccc([N+](=O)[O-])c(Cl)c1. The van der Waals surface area contributed by atoms with Gasteiger partial charge in [0.25, 0.3) is 5.69 Å². The molecular formula is C12H12ClNO6S. The zero-order valence-electron chi connectivity index (χ0n) is 10.8. The van der Waals surface area contributed by atoms with E-state index in [1.54, 1.807) is 0 Å². The van der Waals surface area contributed by atoms with Crippen molar-refractivity contribution in [3.05, 3.63) is 33.3 Å². The van der Waals surface area contributed by atoms with Gasteiger partial charge in [-0.05, 0) is 18.4 Å². The van der Waals surface area contributed by atoms with Gasteiger partial charge in [-0.15, -0.1) is 0 Å². The summed E-state index contributed by atoms with van der Waals surface area (Å²) in [6, 6.07) is 3.60. The molecule has 1 aliphatic heterocycles. The Morgan fingerprint density at radius 1 is 1.48 bits per heavy atom. The molecule has 0 amide bonds. The van der Waals surface area contributed by atoms with Crippen molar-refractivity contribution in [2.24, 2.45) is 5.92 Å². The molecule has 0 N–H and O–H groups in total. The number of halogens is 1. The molecule has 1 atom stereocenters. The number of ether oxygens (including phenoxy) is 1. The maximum absolute atomic E-state index is 11.7. The third kappa shape index (κ3) is 4.15. The first-order valence-corrected chi connectivity index (χ1v) is 8.32. The van der Waals surface area contributed by atoms with E-state index in [4.69, 9.17) is 16.3 Å². The van der Waals surface area contributed by atoms with E-state index in [9.17, 15) is 23.3 Å². The summed E-state index contributed by atoms with van der Waals surface area (Å²) in [5.74, 6) is -0.647. The van der Waals surface area contributed by atoms with E-state index in [1.807, 2.05) is 0 Å². The second-order valence-electron chi connectivity index (χ2n) is 4.82. The lowest BCUT2D eigenvalue weighted by Gasteiger charge is -2.08. The van der Waals surface area contributed by atoms with Crippen LogP contribution in [-0.4, -0.2) is 30.8 Å². The predicted molar refractivity (Wildman–Crippen MR) is 75.1 cm³/mol. The molecule has 21 heavy (non-hydrogen) atoms. The molecule has 9 heteroatoms. The molecule has 1 aliphatic rings. The number of rotatable bonds is 4. The van der Waals surface area contributed by atoms with Crippen molar-refractivity contribution < 1.29 is 22.9 Å². The summed E-state index contributed by atoms with van der Waals surface area (Å²) in [5, 5.41) is 10.5. The van der Waals surface area contributed by atoms with E-state index < -0.39 is 20.7 Å². The second-order valence-corrected chi connectivity index (χ2v) is 7.45. The number of nitrogens with zero attached hydrogens (tertiary/aromatic N) is 1. The fraction of sp³-hybridized carbons (Fsp3) is 0.417. The molecule has 0 spiro atoms. The molecule has 0 aromatic heterocycles. The molecule has 0 radical (unpaired) electrons. The summed E-state index contributed by atoms with van der Waals surface area (Å²) < 4.78 is 27.6. The number of benzene rings is 1. The Balaban J connectivity index is 1.97. The average Bonchev–Trinajstić information content (AvgIpc) is 2.67. The van der Waals surface area contributed by atoms with Gasteiger partial charge in [0, 0.05) is 18.6 Å². The minimum Gasteiger partial charge on any atom is -0.426 e. The van der Waals surface area contributed by atoms with Gasteiger partial charge >= 0.3 is 5.97 Å². The number of nitro benzene ring substituents is 1. The Labute approximate surface area is 125 Å². The van der Waals surface area contributed by atoms with Gasteiger partial charge in [0.2, 0.25) is 0 Å². The van der Waals surface area contributed by atoms with Crippen molar-refractivity contribution >= 4 is 33.1 Å². The van der Waals surface area contributed by atoms with Crippen LogP contribution < -0.4 is 4.74 Å². The van der Waals surface area contributed by atoms with Crippen LogP contribution in [0.15, 0.2) is 18.2 Å². The molecular weight excluding hydrogens is 322 g/mol. The van der Waals surface area contributed by atoms with Gasteiger partial charge in [-0.25, -0.2) is 8.42 Å². The molecule has 0 aliphatic carbocycles. The normalized spacial score (nSPS) is 20.1. The highest BCUT2D eigenvalue weighted by Gasteiger charge is 2.30. The Bertz CT molecular complexity index is 687. The van der Waals surface area contributed by atoms with Crippen LogP contribution in [-0.2, 0) is 14.6 Å². The van der Waals surface area contributed by atoms with Gasteiger partial charge < -0.3 is 4.74 Å². The van der Waals surface area contributed by atoms with Gasteiger partial charge in [0.05, 0.1) is 16.4 Å². The van der Waals surface area contributed by atoms with Crippen molar-refractivity contribution in [3.8, 4) is 5.75 Å². The topological polar surface area (TPSA) is 104 Å². The molecule has 1 aromatic rings. The monoisotopic (exact) mass is 333 g/mol. The van der Waals surface area contributed by atoms with Crippen molar-refractivity contribution in [3.63, 3.8) is 0 Å². The predicted octanol–water partition coefficient (Wildman–Crippen LogP) is 1.98. The van der Waals surface area contributed by atoms with E-state index in [2.05, 4.69) is 0 Å². The van der Waals surface area contributed by atoms with E-state index in [0.717, 1.165) is 6.07 Å². The summed E-state index contributed by atoms with van der Waals surface area (Å²) in [6.07, 6.45) is 0.437. The van der Waals surface area contributed by atoms with Crippen LogP contribution in [0.2, 0.25) is 5.02 Å². The minimum atomic E-state index is -3.04. The number of nitro groups is 1. The van der Waals surface area contributed by atoms with Crippen molar-refractivity contribution in [2.45, 2.75) is 12.8 Å². The third-order valence-electron chi connectivity index (χ3n) is 3.13. The molecule has 0 bridgehead atoms. The Hall–Kier alpha value is -1.67. The lowest BCUT2D eigenvalue weighted by Crippen LogP contribution is -2.15. The van der Waals surface area contributed by atoms with Crippen LogP contribution in [0.3, 0.4) is 0 Å². The fourth-order valence-electron chi connectivity index (χ4n) is 2.14. The minimum absolute atomic E-state index is 0.00611. The summed E-state index contributed by atoms with van der Waals surface area (Å²) in [4.78, 5) is 21.7. The van der Waals surface area contributed by atoms with E-state index in [-0.39, 0.29) is 40.3 Å². The fourth-order valence-corrected chi connectivity index (χ4v) is 4.24. The smallest absolute Gasteiger partial charge is 0.311 e. The van der Waals surface area contributed by atoms with Gasteiger partial charge in [0.1, 0.15) is 10.8 Å². The Kier molecular flexibility index (Phi) is 4.48. The maximum Gasteiger partial charge on any atom is 0.311 e. The molecule has 7 nitrogen and oxygen atoms in total. The average molecular weight is 334 g/mol. The highest BCUT2D eigenvalue weighted by atomic mass is 35.5. The van der Waals surface area contributed by atoms with Gasteiger partial charge in [-0.1, -0.05) is 11.6 Å². The van der Waals surface area contributed by atoms with E-state index >= 15 is 0 Å². The maximum atomic E-state index is 11.7. The first-order valence-electron chi connectivity index (χ1n) is 6.12. The molecule has 2 rings (SSSR count). The van der Waals surface area contributed by atoms with Crippen LogP contribution >= 0.6 is 11.6 Å². The van der Waals surface area contributed by atoms with Crippen molar-refractivity contribution in [1.29, 1.82) is 0 Å². The number of carbonyl (C=O) groups excluding carboxylic acids is 1. The standard InChI is InChI=1S/C12H12ClNO6S/c13-10-6-9(1-2-11(10)14(16)17)20-12(15)5-8-3-4-21(18,19)7-8/h1-2,6,8H,3-5,7H2. The number of hydrogen-bond acceptors (Lipinski definition) is 6. The molecule has 1 heterocycles. The lowest BCUT2D eigenvalue weighted by atomic mass is 10.1. The first kappa shape index (κ1) is 15.7. The van der Waals surface area contributed by atoms with Gasteiger partial charge in [-0.3, -0.25) is 14.9 Å². The molecule has 0 saturated carbocycles. The summed E-state index contributed by atoms with van der Waals surface area (Å²) in [6.45, 7) is 0. The molecule has 1 unspecified atom stereocenters. The Morgan fingerprint density at radius 3 is 2.71 bits per heavy atom. The summed E-state index contributed by atoms with van der Waals surface area (Å²) in [5.41, 5.74) is -0.279. The zero-order valence-corrected chi connectivity index (χ0v) is 12.4. The summed E-state index contributed by atoms with van der Waals surface area (Å²) >= 11 is 5.70. The third-order valence-corrected chi connectivity index (χ3v) is 5.27. The van der Waals surface area contributed by atoms with Crippen molar-refractivity contribution in [1.82, 2.24) is 0 Å². The zero-order chi connectivity index (χ0) is 15.6. The first-order chi connectivity index (χ1) is 9.77. The number of carbonyl (C=O) groups is 1. The Morgan fingerprint density at radius 2 is 2.19 bits per heavy atom.